The second-order valence-electron chi connectivity index (χ2n) is 7.92. The fourth-order valence-corrected chi connectivity index (χ4v) is 3.92. The molecule has 154 valence electrons. The van der Waals surface area contributed by atoms with Gasteiger partial charge in [0.15, 0.2) is 11.5 Å². The number of rotatable bonds is 6. The molecule has 1 heterocycles. The Hall–Kier alpha value is -2.73. The lowest BCUT2D eigenvalue weighted by Crippen LogP contribution is -2.50. The average molecular weight is 396 g/mol. The first kappa shape index (κ1) is 19.6. The van der Waals surface area contributed by atoms with Crippen molar-refractivity contribution >= 4 is 6.03 Å². The number of methoxy groups -OCH3 is 1. The standard InChI is InChI=1S/C23H28N2O4/c1-28-20-4-2-3-5-21(20)29-19-10-6-17(7-11-19)16-24-22(26)25-14-12-23(27,13-15-25)18-8-9-18/h2-7,10-11,18,27H,8-9,12-16H2,1H3,(H,24,26). The van der Waals surface area contributed by atoms with E-state index >= 15 is 0 Å². The Morgan fingerprint density at radius 3 is 2.38 bits per heavy atom. The molecular formula is C23H28N2O4. The highest BCUT2D eigenvalue weighted by Gasteiger charge is 2.45. The molecule has 2 aliphatic rings. The third-order valence-electron chi connectivity index (χ3n) is 5.92. The summed E-state index contributed by atoms with van der Waals surface area (Å²) in [5.41, 5.74) is 0.450. The summed E-state index contributed by atoms with van der Waals surface area (Å²) in [4.78, 5) is 14.2. The van der Waals surface area contributed by atoms with E-state index in [1.807, 2.05) is 48.5 Å². The zero-order chi connectivity index (χ0) is 20.3. The second kappa shape index (κ2) is 8.33. The second-order valence-corrected chi connectivity index (χ2v) is 7.92. The minimum Gasteiger partial charge on any atom is -0.493 e. The van der Waals surface area contributed by atoms with E-state index in [0.717, 1.165) is 18.4 Å². The summed E-state index contributed by atoms with van der Waals surface area (Å²) >= 11 is 0. The van der Waals surface area contributed by atoms with E-state index in [1.54, 1.807) is 12.0 Å². The lowest BCUT2D eigenvalue weighted by atomic mass is 9.87. The van der Waals surface area contributed by atoms with Gasteiger partial charge in [-0.2, -0.15) is 0 Å². The lowest BCUT2D eigenvalue weighted by Gasteiger charge is -2.38. The minimum absolute atomic E-state index is 0.0720. The third kappa shape index (κ3) is 4.65. The van der Waals surface area contributed by atoms with Crippen LogP contribution < -0.4 is 14.8 Å². The molecule has 0 spiro atoms. The predicted molar refractivity (Wildman–Crippen MR) is 110 cm³/mol. The number of likely N-dealkylation sites (tertiary alicyclic amines) is 1. The van der Waals surface area contributed by atoms with E-state index in [9.17, 15) is 9.90 Å². The molecule has 2 N–H and O–H groups in total. The number of para-hydroxylation sites is 2. The van der Waals surface area contributed by atoms with Crippen LogP contribution >= 0.6 is 0 Å². The van der Waals surface area contributed by atoms with Crippen molar-refractivity contribution in [2.75, 3.05) is 20.2 Å². The number of benzene rings is 2. The van der Waals surface area contributed by atoms with E-state index in [4.69, 9.17) is 9.47 Å². The van der Waals surface area contributed by atoms with E-state index < -0.39 is 5.60 Å². The van der Waals surface area contributed by atoms with Crippen LogP contribution in [0.5, 0.6) is 17.2 Å². The fraction of sp³-hybridized carbons (Fsp3) is 0.435. The Morgan fingerprint density at radius 2 is 1.76 bits per heavy atom. The highest BCUT2D eigenvalue weighted by atomic mass is 16.5. The summed E-state index contributed by atoms with van der Waals surface area (Å²) in [7, 11) is 1.61. The largest absolute Gasteiger partial charge is 0.493 e. The minimum atomic E-state index is -0.548. The van der Waals surface area contributed by atoms with Crippen LogP contribution in [0.15, 0.2) is 48.5 Å². The molecule has 1 aliphatic heterocycles. The number of amides is 2. The number of piperidine rings is 1. The number of urea groups is 1. The highest BCUT2D eigenvalue weighted by molar-refractivity contribution is 5.74. The SMILES string of the molecule is COc1ccccc1Oc1ccc(CNC(=O)N2CCC(O)(C3CC3)CC2)cc1. The Balaban J connectivity index is 1.26. The molecule has 2 amide bonds. The van der Waals surface area contributed by atoms with Gasteiger partial charge >= 0.3 is 6.03 Å². The normalized spacial score (nSPS) is 18.2. The number of nitrogens with zero attached hydrogens (tertiary/aromatic N) is 1. The Morgan fingerprint density at radius 1 is 1.10 bits per heavy atom. The molecule has 4 rings (SSSR count). The molecule has 1 aliphatic carbocycles. The maximum absolute atomic E-state index is 12.4. The molecule has 1 saturated carbocycles. The van der Waals surface area contributed by atoms with Crippen LogP contribution in [0.2, 0.25) is 0 Å². The van der Waals surface area contributed by atoms with Gasteiger partial charge in [-0.25, -0.2) is 4.79 Å². The quantitative estimate of drug-likeness (QED) is 0.776. The van der Waals surface area contributed by atoms with Gasteiger partial charge in [0, 0.05) is 19.6 Å². The van der Waals surface area contributed by atoms with Crippen molar-refractivity contribution in [1.82, 2.24) is 10.2 Å². The van der Waals surface area contributed by atoms with E-state index in [1.165, 1.54) is 0 Å². The molecular weight excluding hydrogens is 368 g/mol. The molecule has 1 saturated heterocycles. The predicted octanol–water partition coefficient (Wildman–Crippen LogP) is 3.93. The van der Waals surface area contributed by atoms with Gasteiger partial charge in [0.2, 0.25) is 0 Å². The van der Waals surface area contributed by atoms with E-state index in [-0.39, 0.29) is 6.03 Å². The molecule has 2 aromatic rings. The molecule has 6 heteroatoms. The zero-order valence-corrected chi connectivity index (χ0v) is 16.8. The van der Waals surface area contributed by atoms with Crippen LogP contribution in [0.3, 0.4) is 0 Å². The van der Waals surface area contributed by atoms with Crippen LogP contribution in [0.1, 0.15) is 31.2 Å². The summed E-state index contributed by atoms with van der Waals surface area (Å²) in [5, 5.41) is 13.6. The van der Waals surface area contributed by atoms with Gasteiger partial charge in [0.05, 0.1) is 12.7 Å². The monoisotopic (exact) mass is 396 g/mol. The van der Waals surface area contributed by atoms with Gasteiger partial charge in [-0.05, 0) is 61.4 Å². The molecule has 0 aromatic heterocycles. The van der Waals surface area contributed by atoms with Crippen LogP contribution in [-0.4, -0.2) is 41.8 Å². The molecule has 0 radical (unpaired) electrons. The van der Waals surface area contributed by atoms with Crippen LogP contribution in [-0.2, 0) is 6.54 Å². The molecule has 2 aromatic carbocycles. The molecule has 6 nitrogen and oxygen atoms in total. The van der Waals surface area contributed by atoms with Crippen LogP contribution in [0.4, 0.5) is 4.79 Å². The number of ether oxygens (including phenoxy) is 2. The van der Waals surface area contributed by atoms with Gasteiger partial charge in [-0.1, -0.05) is 24.3 Å². The zero-order valence-electron chi connectivity index (χ0n) is 16.8. The third-order valence-corrected chi connectivity index (χ3v) is 5.92. The molecule has 0 atom stereocenters. The lowest BCUT2D eigenvalue weighted by molar-refractivity contribution is -0.0307. The summed E-state index contributed by atoms with van der Waals surface area (Å²) in [6, 6.07) is 15.1. The number of nitrogens with one attached hydrogen (secondary N) is 1. The topological polar surface area (TPSA) is 71.0 Å². The Labute approximate surface area is 171 Å². The molecule has 0 bridgehead atoms. The number of carbonyl (C=O) groups excluding carboxylic acids is 1. The average Bonchev–Trinajstić information content (AvgIpc) is 3.60. The first-order valence-corrected chi connectivity index (χ1v) is 10.2. The van der Waals surface area contributed by atoms with Crippen molar-refractivity contribution in [1.29, 1.82) is 0 Å². The van der Waals surface area contributed by atoms with Gasteiger partial charge < -0.3 is 24.8 Å². The van der Waals surface area contributed by atoms with E-state index in [0.29, 0.717) is 55.6 Å². The van der Waals surface area contributed by atoms with Gasteiger partial charge in [0.25, 0.3) is 0 Å². The molecule has 29 heavy (non-hydrogen) atoms. The number of hydrogen-bond acceptors (Lipinski definition) is 4. The Bertz CT molecular complexity index is 840. The van der Waals surface area contributed by atoms with Gasteiger partial charge in [0.1, 0.15) is 5.75 Å². The number of carbonyl (C=O) groups is 1. The smallest absolute Gasteiger partial charge is 0.317 e. The molecule has 0 unspecified atom stereocenters. The van der Waals surface area contributed by atoms with Gasteiger partial charge in [-0.15, -0.1) is 0 Å². The van der Waals surface area contributed by atoms with Gasteiger partial charge in [-0.3, -0.25) is 0 Å². The van der Waals surface area contributed by atoms with Crippen molar-refractivity contribution < 1.29 is 19.4 Å². The molecule has 2 fully saturated rings. The van der Waals surface area contributed by atoms with Crippen molar-refractivity contribution in [2.45, 2.75) is 37.8 Å². The summed E-state index contributed by atoms with van der Waals surface area (Å²) in [6.07, 6.45) is 3.61. The van der Waals surface area contributed by atoms with Crippen molar-refractivity contribution in [3.05, 3.63) is 54.1 Å². The van der Waals surface area contributed by atoms with E-state index in [2.05, 4.69) is 5.32 Å². The summed E-state index contributed by atoms with van der Waals surface area (Å²) in [5.74, 6) is 2.50. The number of hydrogen-bond donors (Lipinski definition) is 2. The van der Waals surface area contributed by atoms with Crippen LogP contribution in [0, 0.1) is 5.92 Å². The van der Waals surface area contributed by atoms with Crippen molar-refractivity contribution in [3.63, 3.8) is 0 Å². The fourth-order valence-electron chi connectivity index (χ4n) is 3.92. The maximum Gasteiger partial charge on any atom is 0.317 e. The highest BCUT2D eigenvalue weighted by Crippen LogP contribution is 2.45. The van der Waals surface area contributed by atoms with Crippen molar-refractivity contribution in [2.24, 2.45) is 5.92 Å². The summed E-state index contributed by atoms with van der Waals surface area (Å²) in [6.45, 7) is 1.69. The Kier molecular flexibility index (Phi) is 5.62. The summed E-state index contributed by atoms with van der Waals surface area (Å²) < 4.78 is 11.2. The first-order chi connectivity index (χ1) is 14.1. The first-order valence-electron chi connectivity index (χ1n) is 10.2. The van der Waals surface area contributed by atoms with Crippen LogP contribution in [0.25, 0.3) is 0 Å². The maximum atomic E-state index is 12.4. The number of aliphatic hydroxyl groups is 1. The van der Waals surface area contributed by atoms with Crippen molar-refractivity contribution in [3.8, 4) is 17.2 Å².